The summed E-state index contributed by atoms with van der Waals surface area (Å²) in [7, 11) is 1.64. The van der Waals surface area contributed by atoms with Crippen molar-refractivity contribution in [1.29, 1.82) is 0 Å². The van der Waals surface area contributed by atoms with Crippen molar-refractivity contribution in [3.63, 3.8) is 0 Å². The predicted octanol–water partition coefficient (Wildman–Crippen LogP) is 2.17. The summed E-state index contributed by atoms with van der Waals surface area (Å²) in [5, 5.41) is 3.26. The first-order valence-electron chi connectivity index (χ1n) is 7.69. The van der Waals surface area contributed by atoms with Gasteiger partial charge in [0.15, 0.2) is 5.82 Å². The summed E-state index contributed by atoms with van der Waals surface area (Å²) in [6.45, 7) is 11.3. The van der Waals surface area contributed by atoms with Crippen molar-refractivity contribution >= 4 is 5.82 Å². The monoisotopic (exact) mass is 296 g/mol. The molecule has 0 radical (unpaired) electrons. The summed E-state index contributed by atoms with van der Waals surface area (Å²) < 4.78 is 10.9. The van der Waals surface area contributed by atoms with Gasteiger partial charge in [0.1, 0.15) is 19.0 Å². The Balaban J connectivity index is 2.63. The van der Waals surface area contributed by atoms with Gasteiger partial charge in [0.25, 0.3) is 0 Å². The third kappa shape index (κ3) is 6.73. The van der Waals surface area contributed by atoms with E-state index in [2.05, 4.69) is 41.0 Å². The maximum atomic E-state index is 5.76. The molecule has 6 nitrogen and oxygen atoms in total. The van der Waals surface area contributed by atoms with Crippen molar-refractivity contribution in [3.8, 4) is 5.88 Å². The molecule has 0 unspecified atom stereocenters. The zero-order chi connectivity index (χ0) is 15.5. The van der Waals surface area contributed by atoms with Crippen LogP contribution in [0.3, 0.4) is 0 Å². The van der Waals surface area contributed by atoms with Gasteiger partial charge in [0.2, 0.25) is 5.88 Å². The van der Waals surface area contributed by atoms with Crippen molar-refractivity contribution in [2.24, 2.45) is 0 Å². The minimum absolute atomic E-state index is 0.383. The third-order valence-corrected chi connectivity index (χ3v) is 3.13. The molecule has 21 heavy (non-hydrogen) atoms. The fraction of sp³-hybridized carbons (Fsp3) is 0.733. The van der Waals surface area contributed by atoms with Crippen LogP contribution in [0.1, 0.15) is 33.0 Å². The molecule has 0 aliphatic heterocycles. The third-order valence-electron chi connectivity index (χ3n) is 3.13. The van der Waals surface area contributed by atoms with Crippen molar-refractivity contribution in [2.45, 2.75) is 33.8 Å². The maximum absolute atomic E-state index is 5.76. The number of hydrogen-bond acceptors (Lipinski definition) is 6. The lowest BCUT2D eigenvalue weighted by molar-refractivity contribution is 0.175. The zero-order valence-corrected chi connectivity index (χ0v) is 13.7. The first-order valence-corrected chi connectivity index (χ1v) is 7.69. The van der Waals surface area contributed by atoms with Crippen LogP contribution in [0, 0.1) is 0 Å². The van der Waals surface area contributed by atoms with Gasteiger partial charge in [0.05, 0.1) is 0 Å². The maximum Gasteiger partial charge on any atom is 0.218 e. The van der Waals surface area contributed by atoms with E-state index in [1.54, 1.807) is 7.11 Å². The molecule has 1 aromatic rings. The molecular formula is C15H28N4O2. The molecule has 0 aromatic carbocycles. The van der Waals surface area contributed by atoms with Gasteiger partial charge in [-0.25, -0.2) is 4.98 Å². The van der Waals surface area contributed by atoms with E-state index < -0.39 is 0 Å². The number of methoxy groups -OCH3 is 1. The van der Waals surface area contributed by atoms with Crippen molar-refractivity contribution in [3.05, 3.63) is 11.9 Å². The quantitative estimate of drug-likeness (QED) is 0.675. The van der Waals surface area contributed by atoms with Gasteiger partial charge >= 0.3 is 0 Å². The minimum Gasteiger partial charge on any atom is -0.476 e. The number of nitrogens with one attached hydrogen (secondary N) is 1. The fourth-order valence-corrected chi connectivity index (χ4v) is 1.90. The topological polar surface area (TPSA) is 59.5 Å². The number of anilines is 1. The first kappa shape index (κ1) is 17.7. The van der Waals surface area contributed by atoms with E-state index in [1.165, 1.54) is 0 Å². The van der Waals surface area contributed by atoms with E-state index in [9.17, 15) is 0 Å². The highest BCUT2D eigenvalue weighted by molar-refractivity contribution is 5.38. The Labute approximate surface area is 127 Å². The highest BCUT2D eigenvalue weighted by Gasteiger charge is 2.06. The van der Waals surface area contributed by atoms with E-state index in [1.807, 2.05) is 6.07 Å². The van der Waals surface area contributed by atoms with Gasteiger partial charge in [-0.1, -0.05) is 20.8 Å². The number of aromatic nitrogens is 2. The van der Waals surface area contributed by atoms with E-state index in [4.69, 9.17) is 9.47 Å². The second-order valence-electron chi connectivity index (χ2n) is 4.74. The van der Waals surface area contributed by atoms with Crippen LogP contribution in [0.4, 0.5) is 5.82 Å². The average molecular weight is 296 g/mol. The van der Waals surface area contributed by atoms with Gasteiger partial charge in [-0.15, -0.1) is 0 Å². The molecule has 1 rings (SSSR count). The lowest BCUT2D eigenvalue weighted by atomic mass is 10.4. The molecule has 0 saturated heterocycles. The Morgan fingerprint density at radius 1 is 1.19 bits per heavy atom. The van der Waals surface area contributed by atoms with Crippen LogP contribution in [-0.4, -0.2) is 54.8 Å². The van der Waals surface area contributed by atoms with Crippen LogP contribution in [0.15, 0.2) is 6.07 Å². The van der Waals surface area contributed by atoms with Gasteiger partial charge in [0, 0.05) is 26.3 Å². The minimum atomic E-state index is 0.383. The molecule has 0 fully saturated rings. The van der Waals surface area contributed by atoms with Gasteiger partial charge in [-0.2, -0.15) is 4.98 Å². The Hall–Kier alpha value is -1.40. The molecule has 1 heterocycles. The summed E-state index contributed by atoms with van der Waals surface area (Å²) in [6.07, 6.45) is 1.04. The van der Waals surface area contributed by atoms with Crippen LogP contribution in [0.25, 0.3) is 0 Å². The SMILES string of the molecule is CCCNc1cc(OCCN(CC)CC)nc(COC)n1. The second-order valence-corrected chi connectivity index (χ2v) is 4.74. The highest BCUT2D eigenvalue weighted by atomic mass is 16.5. The van der Waals surface area contributed by atoms with Crippen molar-refractivity contribution < 1.29 is 9.47 Å². The molecule has 0 atom stereocenters. The highest BCUT2D eigenvalue weighted by Crippen LogP contribution is 2.14. The van der Waals surface area contributed by atoms with Crippen molar-refractivity contribution in [2.75, 3.05) is 45.2 Å². The Morgan fingerprint density at radius 2 is 1.95 bits per heavy atom. The van der Waals surface area contributed by atoms with E-state index in [-0.39, 0.29) is 0 Å². The van der Waals surface area contributed by atoms with Crippen LogP contribution in [0.5, 0.6) is 5.88 Å². The molecule has 120 valence electrons. The lowest BCUT2D eigenvalue weighted by Gasteiger charge is -2.18. The predicted molar refractivity (Wildman–Crippen MR) is 84.8 cm³/mol. The normalized spacial score (nSPS) is 10.9. The molecule has 0 saturated carbocycles. The molecule has 6 heteroatoms. The lowest BCUT2D eigenvalue weighted by Crippen LogP contribution is -2.28. The number of ether oxygens (including phenoxy) is 2. The summed E-state index contributed by atoms with van der Waals surface area (Å²) in [5.74, 6) is 2.02. The zero-order valence-electron chi connectivity index (χ0n) is 13.7. The van der Waals surface area contributed by atoms with Crippen LogP contribution in [0.2, 0.25) is 0 Å². The van der Waals surface area contributed by atoms with E-state index in [0.717, 1.165) is 38.4 Å². The van der Waals surface area contributed by atoms with Crippen molar-refractivity contribution in [1.82, 2.24) is 14.9 Å². The standard InChI is InChI=1S/C15H28N4O2/c1-5-8-16-13-11-15(18-14(17-13)12-20-4)21-10-9-19(6-2)7-3/h11H,5-10,12H2,1-4H3,(H,16,17,18). The summed E-state index contributed by atoms with van der Waals surface area (Å²) in [5.41, 5.74) is 0. The van der Waals surface area contributed by atoms with Crippen LogP contribution in [-0.2, 0) is 11.3 Å². The molecule has 0 aliphatic rings. The van der Waals surface area contributed by atoms with E-state index >= 15 is 0 Å². The molecule has 0 bridgehead atoms. The van der Waals surface area contributed by atoms with Gasteiger partial charge < -0.3 is 19.7 Å². The molecule has 0 aliphatic carbocycles. The summed E-state index contributed by atoms with van der Waals surface area (Å²) in [4.78, 5) is 11.1. The van der Waals surface area contributed by atoms with E-state index in [0.29, 0.717) is 24.9 Å². The van der Waals surface area contributed by atoms with Gasteiger partial charge in [-0.05, 0) is 19.5 Å². The largest absolute Gasteiger partial charge is 0.476 e. The molecule has 0 amide bonds. The second kappa shape index (κ2) is 10.3. The number of likely N-dealkylation sites (N-methyl/N-ethyl adjacent to an activating group) is 1. The molecule has 1 aromatic heterocycles. The smallest absolute Gasteiger partial charge is 0.218 e. The molecule has 0 spiro atoms. The first-order chi connectivity index (χ1) is 10.2. The Bertz CT molecular complexity index is 397. The summed E-state index contributed by atoms with van der Waals surface area (Å²) >= 11 is 0. The number of rotatable bonds is 11. The van der Waals surface area contributed by atoms with Gasteiger partial charge in [-0.3, -0.25) is 0 Å². The summed E-state index contributed by atoms with van der Waals surface area (Å²) in [6, 6.07) is 1.84. The Kier molecular flexibility index (Phi) is 8.69. The van der Waals surface area contributed by atoms with Crippen LogP contribution >= 0.6 is 0 Å². The molecular weight excluding hydrogens is 268 g/mol. The molecule has 1 N–H and O–H groups in total. The van der Waals surface area contributed by atoms with Crippen LogP contribution < -0.4 is 10.1 Å². The Morgan fingerprint density at radius 3 is 2.57 bits per heavy atom. The number of nitrogens with zero attached hydrogens (tertiary/aromatic N) is 3. The fourth-order valence-electron chi connectivity index (χ4n) is 1.90. The number of hydrogen-bond donors (Lipinski definition) is 1. The average Bonchev–Trinajstić information content (AvgIpc) is 2.50.